The van der Waals surface area contributed by atoms with Crippen molar-refractivity contribution >= 4 is 33.8 Å². The maximum absolute atomic E-state index is 11.8. The normalized spacial score (nSPS) is 10.7. The van der Waals surface area contributed by atoms with Crippen LogP contribution in [0.2, 0.25) is 0 Å². The number of primary amides is 1. The fourth-order valence-electron chi connectivity index (χ4n) is 2.04. The topological polar surface area (TPSA) is 72.2 Å². The van der Waals surface area contributed by atoms with Crippen LogP contribution in [0.25, 0.3) is 6.08 Å². The smallest absolute Gasteiger partial charge is 0.248 e. The molecule has 2 rings (SSSR count). The third-order valence-electron chi connectivity index (χ3n) is 3.24. The number of hydrogen-bond acceptors (Lipinski definition) is 2. The number of carbonyl (C=O) groups excluding carboxylic acids is 2. The zero-order chi connectivity index (χ0) is 16.7. The van der Waals surface area contributed by atoms with E-state index in [0.717, 1.165) is 15.6 Å². The molecule has 0 radical (unpaired) electrons. The third kappa shape index (κ3) is 5.38. The molecule has 118 valence electrons. The number of benzene rings is 2. The quantitative estimate of drug-likeness (QED) is 0.765. The number of carbonyl (C=O) groups is 2. The Labute approximate surface area is 143 Å². The molecule has 0 aliphatic carbocycles. The van der Waals surface area contributed by atoms with Crippen LogP contribution in [0.5, 0.6) is 0 Å². The first-order valence-corrected chi connectivity index (χ1v) is 7.95. The Bertz CT molecular complexity index is 741. The fourth-order valence-corrected chi connectivity index (χ4v) is 2.46. The van der Waals surface area contributed by atoms with Gasteiger partial charge in [-0.25, -0.2) is 0 Å². The van der Waals surface area contributed by atoms with Crippen molar-refractivity contribution in [3.8, 4) is 0 Å². The number of hydrogen-bond donors (Lipinski definition) is 2. The predicted molar refractivity (Wildman–Crippen MR) is 94.8 cm³/mol. The summed E-state index contributed by atoms with van der Waals surface area (Å²) < 4.78 is 0.937. The van der Waals surface area contributed by atoms with Crippen LogP contribution in [0.1, 0.15) is 21.5 Å². The SMILES string of the molecule is NC(=O)c1cccc(CCNC(=O)/C=C/c2ccccc2Br)c1. The Morgan fingerprint density at radius 2 is 1.91 bits per heavy atom. The van der Waals surface area contributed by atoms with Crippen molar-refractivity contribution in [2.45, 2.75) is 6.42 Å². The van der Waals surface area contributed by atoms with Gasteiger partial charge in [0, 0.05) is 22.7 Å². The van der Waals surface area contributed by atoms with E-state index in [9.17, 15) is 9.59 Å². The molecule has 0 fully saturated rings. The summed E-state index contributed by atoms with van der Waals surface area (Å²) in [5, 5.41) is 2.81. The van der Waals surface area contributed by atoms with E-state index in [1.165, 1.54) is 6.08 Å². The summed E-state index contributed by atoms with van der Waals surface area (Å²) in [7, 11) is 0. The van der Waals surface area contributed by atoms with Gasteiger partial charge in [0.05, 0.1) is 0 Å². The molecule has 23 heavy (non-hydrogen) atoms. The molecule has 5 heteroatoms. The van der Waals surface area contributed by atoms with Gasteiger partial charge in [-0.3, -0.25) is 9.59 Å². The van der Waals surface area contributed by atoms with Gasteiger partial charge in [0.25, 0.3) is 0 Å². The van der Waals surface area contributed by atoms with Crippen LogP contribution in [0.15, 0.2) is 59.1 Å². The molecule has 0 saturated carbocycles. The summed E-state index contributed by atoms with van der Waals surface area (Å²) >= 11 is 3.43. The van der Waals surface area contributed by atoms with E-state index in [-0.39, 0.29) is 5.91 Å². The standard InChI is InChI=1S/C18H17BrN2O2/c19-16-7-2-1-5-14(16)8-9-17(22)21-11-10-13-4-3-6-15(12-13)18(20)23/h1-9,12H,10-11H2,(H2,20,23)(H,21,22)/b9-8+. The van der Waals surface area contributed by atoms with E-state index in [0.29, 0.717) is 18.5 Å². The van der Waals surface area contributed by atoms with Crippen LogP contribution in [0, 0.1) is 0 Å². The summed E-state index contributed by atoms with van der Waals surface area (Å²) in [5.74, 6) is -0.612. The molecule has 0 aromatic heterocycles. The van der Waals surface area contributed by atoms with Crippen LogP contribution >= 0.6 is 15.9 Å². The zero-order valence-electron chi connectivity index (χ0n) is 12.5. The van der Waals surface area contributed by atoms with Crippen LogP contribution in [-0.2, 0) is 11.2 Å². The first-order valence-electron chi connectivity index (χ1n) is 7.15. The van der Waals surface area contributed by atoms with Gasteiger partial charge in [0.2, 0.25) is 11.8 Å². The average molecular weight is 373 g/mol. The Morgan fingerprint density at radius 1 is 1.13 bits per heavy atom. The lowest BCUT2D eigenvalue weighted by Gasteiger charge is -2.04. The van der Waals surface area contributed by atoms with Crippen molar-refractivity contribution < 1.29 is 9.59 Å². The van der Waals surface area contributed by atoms with Crippen LogP contribution in [0.4, 0.5) is 0 Å². The van der Waals surface area contributed by atoms with E-state index >= 15 is 0 Å². The number of nitrogens with one attached hydrogen (secondary N) is 1. The zero-order valence-corrected chi connectivity index (χ0v) is 14.0. The molecule has 4 nitrogen and oxygen atoms in total. The first-order chi connectivity index (χ1) is 11.1. The molecule has 2 amide bonds. The summed E-state index contributed by atoms with van der Waals surface area (Å²) in [6.07, 6.45) is 3.89. The lowest BCUT2D eigenvalue weighted by atomic mass is 10.1. The Kier molecular flexibility index (Phi) is 6.11. The molecule has 2 aromatic carbocycles. The second-order valence-corrected chi connectivity index (χ2v) is 5.81. The highest BCUT2D eigenvalue weighted by Gasteiger charge is 2.02. The van der Waals surface area contributed by atoms with Gasteiger partial charge in [-0.2, -0.15) is 0 Å². The largest absolute Gasteiger partial charge is 0.366 e. The van der Waals surface area contributed by atoms with E-state index in [4.69, 9.17) is 5.73 Å². The van der Waals surface area contributed by atoms with Crippen LogP contribution < -0.4 is 11.1 Å². The second kappa shape index (κ2) is 8.29. The van der Waals surface area contributed by atoms with Crippen LogP contribution in [-0.4, -0.2) is 18.4 Å². The van der Waals surface area contributed by atoms with Crippen molar-refractivity contribution in [2.24, 2.45) is 5.73 Å². The predicted octanol–water partition coefficient (Wildman–Crippen LogP) is 2.92. The molecular formula is C18H17BrN2O2. The summed E-state index contributed by atoms with van der Waals surface area (Å²) in [5.41, 5.74) is 7.62. The van der Waals surface area contributed by atoms with Crippen molar-refractivity contribution in [1.82, 2.24) is 5.32 Å². The summed E-state index contributed by atoms with van der Waals surface area (Å²) in [4.78, 5) is 22.9. The third-order valence-corrected chi connectivity index (χ3v) is 3.97. The molecule has 0 aliphatic heterocycles. The molecule has 0 saturated heterocycles. The maximum atomic E-state index is 11.8. The van der Waals surface area contributed by atoms with Crippen LogP contribution in [0.3, 0.4) is 0 Å². The molecule has 0 bridgehead atoms. The van der Waals surface area contributed by atoms with Gasteiger partial charge in [-0.05, 0) is 41.8 Å². The van der Waals surface area contributed by atoms with E-state index < -0.39 is 5.91 Å². The molecule has 0 atom stereocenters. The lowest BCUT2D eigenvalue weighted by molar-refractivity contribution is -0.116. The van der Waals surface area contributed by atoms with Crippen molar-refractivity contribution in [3.05, 3.63) is 75.8 Å². The fraction of sp³-hybridized carbons (Fsp3) is 0.111. The van der Waals surface area contributed by atoms with Gasteiger partial charge in [-0.15, -0.1) is 0 Å². The second-order valence-electron chi connectivity index (χ2n) is 4.96. The van der Waals surface area contributed by atoms with E-state index in [2.05, 4.69) is 21.2 Å². The minimum atomic E-state index is -0.452. The number of halogens is 1. The molecule has 0 aliphatic rings. The number of amides is 2. The molecule has 0 heterocycles. The highest BCUT2D eigenvalue weighted by atomic mass is 79.9. The minimum Gasteiger partial charge on any atom is -0.366 e. The van der Waals surface area contributed by atoms with E-state index in [1.54, 1.807) is 24.3 Å². The maximum Gasteiger partial charge on any atom is 0.248 e. The van der Waals surface area contributed by atoms with Crippen molar-refractivity contribution in [2.75, 3.05) is 6.54 Å². The monoisotopic (exact) mass is 372 g/mol. The lowest BCUT2D eigenvalue weighted by Crippen LogP contribution is -2.23. The Balaban J connectivity index is 1.84. The Morgan fingerprint density at radius 3 is 2.65 bits per heavy atom. The first kappa shape index (κ1) is 17.0. The average Bonchev–Trinajstić information content (AvgIpc) is 2.54. The number of nitrogens with two attached hydrogens (primary N) is 1. The minimum absolute atomic E-state index is 0.160. The van der Waals surface area contributed by atoms with Gasteiger partial charge < -0.3 is 11.1 Å². The van der Waals surface area contributed by atoms with Gasteiger partial charge in [0.15, 0.2) is 0 Å². The molecule has 0 unspecified atom stereocenters. The van der Waals surface area contributed by atoms with E-state index in [1.807, 2.05) is 30.3 Å². The Hall–Kier alpha value is -2.40. The molecule has 0 spiro atoms. The van der Waals surface area contributed by atoms with Gasteiger partial charge in [0.1, 0.15) is 0 Å². The summed E-state index contributed by atoms with van der Waals surface area (Å²) in [6.45, 7) is 0.487. The molecule has 3 N–H and O–H groups in total. The molecular weight excluding hydrogens is 356 g/mol. The van der Waals surface area contributed by atoms with Gasteiger partial charge >= 0.3 is 0 Å². The molecule has 2 aromatic rings. The van der Waals surface area contributed by atoms with Gasteiger partial charge in [-0.1, -0.05) is 46.3 Å². The van der Waals surface area contributed by atoms with Crippen molar-refractivity contribution in [3.63, 3.8) is 0 Å². The summed E-state index contributed by atoms with van der Waals surface area (Å²) in [6, 6.07) is 14.8. The number of rotatable bonds is 6. The van der Waals surface area contributed by atoms with Crippen molar-refractivity contribution in [1.29, 1.82) is 0 Å². The highest BCUT2D eigenvalue weighted by Crippen LogP contribution is 2.16. The highest BCUT2D eigenvalue weighted by molar-refractivity contribution is 9.10.